The molecule has 3 heteroatoms. The number of hydrogen-bond acceptors (Lipinski definition) is 3. The van der Waals surface area contributed by atoms with E-state index in [9.17, 15) is 5.11 Å². The second kappa shape index (κ2) is 6.31. The molecule has 0 amide bonds. The van der Waals surface area contributed by atoms with Gasteiger partial charge in [0.2, 0.25) is 0 Å². The van der Waals surface area contributed by atoms with Crippen LogP contribution in [0.4, 0.5) is 0 Å². The molecule has 0 unspecified atom stereocenters. The van der Waals surface area contributed by atoms with Crippen LogP contribution in [0, 0.1) is 0 Å². The van der Waals surface area contributed by atoms with E-state index < -0.39 is 0 Å². The maximum absolute atomic E-state index is 9.86. The van der Waals surface area contributed by atoms with Crippen molar-refractivity contribution >= 4 is 23.1 Å². The highest BCUT2D eigenvalue weighted by Crippen LogP contribution is 2.23. The molecule has 3 aromatic rings. The van der Waals surface area contributed by atoms with E-state index in [1.807, 2.05) is 67.6 Å². The minimum Gasteiger partial charge on any atom is -0.506 e. The second-order valence-corrected chi connectivity index (χ2v) is 4.92. The number of benzene rings is 2. The highest BCUT2D eigenvalue weighted by atomic mass is 16.5. The van der Waals surface area contributed by atoms with Gasteiger partial charge in [0.15, 0.2) is 0 Å². The smallest absolute Gasteiger partial charge is 0.141 e. The van der Waals surface area contributed by atoms with Crippen LogP contribution in [-0.2, 0) is 0 Å². The number of pyridine rings is 1. The highest BCUT2D eigenvalue weighted by Gasteiger charge is 2.00. The van der Waals surface area contributed by atoms with Crippen LogP contribution in [0.15, 0.2) is 54.6 Å². The molecule has 0 aliphatic carbocycles. The number of phenolic OH excluding ortho intramolecular Hbond substituents is 1. The Balaban J connectivity index is 1.84. The molecule has 110 valence electrons. The minimum absolute atomic E-state index is 0.203. The van der Waals surface area contributed by atoms with Gasteiger partial charge in [-0.05, 0) is 42.8 Å². The lowest BCUT2D eigenvalue weighted by Gasteiger charge is -2.03. The van der Waals surface area contributed by atoms with Crippen LogP contribution in [0.1, 0.15) is 18.2 Å². The van der Waals surface area contributed by atoms with Gasteiger partial charge in [-0.2, -0.15) is 0 Å². The zero-order valence-corrected chi connectivity index (χ0v) is 12.4. The van der Waals surface area contributed by atoms with Crippen molar-refractivity contribution in [2.24, 2.45) is 0 Å². The van der Waals surface area contributed by atoms with Gasteiger partial charge in [0.05, 0.1) is 12.3 Å². The number of nitrogens with zero attached hydrogens (tertiary/aromatic N) is 1. The average molecular weight is 291 g/mol. The molecule has 1 aromatic heterocycles. The zero-order chi connectivity index (χ0) is 15.4. The molecule has 0 fully saturated rings. The van der Waals surface area contributed by atoms with E-state index in [0.29, 0.717) is 12.1 Å². The maximum Gasteiger partial charge on any atom is 0.141 e. The Morgan fingerprint density at radius 2 is 1.82 bits per heavy atom. The number of ether oxygens (including phenoxy) is 1. The Morgan fingerprint density at radius 1 is 1.00 bits per heavy atom. The summed E-state index contributed by atoms with van der Waals surface area (Å²) in [7, 11) is 0. The molecule has 3 nitrogen and oxygen atoms in total. The third-order valence-corrected chi connectivity index (χ3v) is 3.36. The fraction of sp³-hybridized carbons (Fsp3) is 0.105. The molecule has 1 heterocycles. The van der Waals surface area contributed by atoms with Crippen molar-refractivity contribution in [1.82, 2.24) is 4.98 Å². The number of hydrogen-bond donors (Lipinski definition) is 1. The van der Waals surface area contributed by atoms with E-state index in [2.05, 4.69) is 4.98 Å². The number of aromatic nitrogens is 1. The van der Waals surface area contributed by atoms with Gasteiger partial charge in [0, 0.05) is 5.39 Å². The van der Waals surface area contributed by atoms with Crippen molar-refractivity contribution in [2.45, 2.75) is 6.92 Å². The summed E-state index contributed by atoms with van der Waals surface area (Å²) in [6.45, 7) is 2.63. The first-order valence-corrected chi connectivity index (χ1v) is 7.26. The van der Waals surface area contributed by atoms with Gasteiger partial charge in [-0.15, -0.1) is 0 Å². The van der Waals surface area contributed by atoms with Crippen LogP contribution < -0.4 is 4.74 Å². The van der Waals surface area contributed by atoms with E-state index in [0.717, 1.165) is 22.4 Å². The minimum atomic E-state index is 0.203. The summed E-state index contributed by atoms with van der Waals surface area (Å²) in [5, 5.41) is 10.8. The topological polar surface area (TPSA) is 42.4 Å². The van der Waals surface area contributed by atoms with Crippen LogP contribution in [0.2, 0.25) is 0 Å². The summed E-state index contributed by atoms with van der Waals surface area (Å²) in [6.07, 6.45) is 3.92. The summed E-state index contributed by atoms with van der Waals surface area (Å²) in [5.41, 5.74) is 2.50. The molecule has 3 rings (SSSR count). The first-order valence-electron chi connectivity index (χ1n) is 7.26. The molecular weight excluding hydrogens is 274 g/mol. The molecular formula is C19H17NO2. The lowest BCUT2D eigenvalue weighted by Crippen LogP contribution is -1.90. The van der Waals surface area contributed by atoms with Gasteiger partial charge in [-0.3, -0.25) is 0 Å². The van der Waals surface area contributed by atoms with Gasteiger partial charge in [-0.25, -0.2) is 4.98 Å². The van der Waals surface area contributed by atoms with Gasteiger partial charge < -0.3 is 9.84 Å². The Kier molecular flexibility index (Phi) is 4.05. The molecule has 22 heavy (non-hydrogen) atoms. The Morgan fingerprint density at radius 3 is 2.59 bits per heavy atom. The fourth-order valence-corrected chi connectivity index (χ4v) is 2.26. The normalized spacial score (nSPS) is 11.1. The van der Waals surface area contributed by atoms with Gasteiger partial charge in [-0.1, -0.05) is 36.4 Å². The van der Waals surface area contributed by atoms with Crippen molar-refractivity contribution in [3.63, 3.8) is 0 Å². The summed E-state index contributed by atoms with van der Waals surface area (Å²) in [4.78, 5) is 4.48. The van der Waals surface area contributed by atoms with Crippen LogP contribution in [0.25, 0.3) is 23.1 Å². The first kappa shape index (κ1) is 14.1. The summed E-state index contributed by atoms with van der Waals surface area (Å²) in [5.74, 6) is 1.07. The number of fused-ring (bicyclic) bond motifs is 1. The summed E-state index contributed by atoms with van der Waals surface area (Å²) in [6, 6.07) is 17.2. The maximum atomic E-state index is 9.86. The molecule has 0 spiro atoms. The molecule has 0 bridgehead atoms. The van der Waals surface area contributed by atoms with E-state index in [4.69, 9.17) is 4.74 Å². The van der Waals surface area contributed by atoms with Crippen molar-refractivity contribution < 1.29 is 9.84 Å². The second-order valence-electron chi connectivity index (χ2n) is 4.92. The van der Waals surface area contributed by atoms with Crippen molar-refractivity contribution in [3.05, 3.63) is 65.9 Å². The number of rotatable bonds is 4. The quantitative estimate of drug-likeness (QED) is 0.769. The summed E-state index contributed by atoms with van der Waals surface area (Å²) < 4.78 is 5.42. The molecule has 0 atom stereocenters. The molecule has 0 saturated heterocycles. The molecule has 0 radical (unpaired) electrons. The van der Waals surface area contributed by atoms with Crippen molar-refractivity contribution in [2.75, 3.05) is 6.61 Å². The van der Waals surface area contributed by atoms with E-state index >= 15 is 0 Å². The number of phenols is 1. The number of aromatic hydroxyl groups is 1. The first-order chi connectivity index (χ1) is 10.8. The predicted octanol–water partition coefficient (Wildman–Crippen LogP) is 4.51. The zero-order valence-electron chi connectivity index (χ0n) is 12.4. The Bertz CT molecular complexity index is 807. The number of para-hydroxylation sites is 1. The van der Waals surface area contributed by atoms with E-state index in [1.54, 1.807) is 6.07 Å². The molecule has 0 aliphatic rings. The van der Waals surface area contributed by atoms with Crippen LogP contribution >= 0.6 is 0 Å². The lowest BCUT2D eigenvalue weighted by atomic mass is 10.1. The van der Waals surface area contributed by atoms with E-state index in [1.165, 1.54) is 0 Å². The Labute approximate surface area is 129 Å². The standard InChI is InChI=1S/C19H17NO2/c1-2-22-17-12-7-14(8-13-17)6-10-16-11-9-15-4-3-5-18(21)19(15)20-16/h3-13,21H,2H2,1H3/b10-6+. The fourth-order valence-electron chi connectivity index (χ4n) is 2.26. The SMILES string of the molecule is CCOc1ccc(/C=C/c2ccc3cccc(O)c3n2)cc1. The lowest BCUT2D eigenvalue weighted by molar-refractivity contribution is 0.340. The molecule has 2 aromatic carbocycles. The predicted molar refractivity (Wildman–Crippen MR) is 89.9 cm³/mol. The van der Waals surface area contributed by atoms with Crippen LogP contribution in [0.3, 0.4) is 0 Å². The van der Waals surface area contributed by atoms with Gasteiger partial charge in [0.1, 0.15) is 17.0 Å². The van der Waals surface area contributed by atoms with Gasteiger partial charge >= 0.3 is 0 Å². The Hall–Kier alpha value is -2.81. The van der Waals surface area contributed by atoms with Crippen molar-refractivity contribution in [1.29, 1.82) is 0 Å². The average Bonchev–Trinajstić information content (AvgIpc) is 2.55. The van der Waals surface area contributed by atoms with Gasteiger partial charge in [0.25, 0.3) is 0 Å². The van der Waals surface area contributed by atoms with E-state index in [-0.39, 0.29) is 5.75 Å². The largest absolute Gasteiger partial charge is 0.506 e. The molecule has 1 N–H and O–H groups in total. The van der Waals surface area contributed by atoms with Crippen LogP contribution in [-0.4, -0.2) is 16.7 Å². The monoisotopic (exact) mass is 291 g/mol. The van der Waals surface area contributed by atoms with Crippen molar-refractivity contribution in [3.8, 4) is 11.5 Å². The molecule has 0 saturated carbocycles. The third kappa shape index (κ3) is 3.09. The van der Waals surface area contributed by atoms with Crippen LogP contribution in [0.5, 0.6) is 11.5 Å². The molecule has 0 aliphatic heterocycles. The third-order valence-electron chi connectivity index (χ3n) is 3.36. The highest BCUT2D eigenvalue weighted by molar-refractivity contribution is 5.85. The summed E-state index contributed by atoms with van der Waals surface area (Å²) >= 11 is 0.